The highest BCUT2D eigenvalue weighted by Gasteiger charge is 2.32. The Bertz CT molecular complexity index is 693. The first-order chi connectivity index (χ1) is 11.2. The lowest BCUT2D eigenvalue weighted by Crippen LogP contribution is -2.59. The summed E-state index contributed by atoms with van der Waals surface area (Å²) < 4.78 is 0. The number of hydrogen-bond acceptors (Lipinski definition) is 6. The maximum absolute atomic E-state index is 4.43. The van der Waals surface area contributed by atoms with Gasteiger partial charge in [0.25, 0.3) is 0 Å². The van der Waals surface area contributed by atoms with Crippen molar-refractivity contribution in [1.29, 1.82) is 0 Å². The van der Waals surface area contributed by atoms with Gasteiger partial charge in [0.2, 0.25) is 5.95 Å². The SMILES string of the molecule is Cc1cnc(N(C)C2CN(c3cc4c(nn3)CCCC4)C2)nc1. The molecule has 1 aliphatic heterocycles. The Morgan fingerprint density at radius 2 is 1.83 bits per heavy atom. The number of fused-ring (bicyclic) bond motifs is 1. The molecule has 4 rings (SSSR count). The smallest absolute Gasteiger partial charge is 0.225 e. The van der Waals surface area contributed by atoms with Crippen LogP contribution in [0, 0.1) is 6.92 Å². The van der Waals surface area contributed by atoms with Crippen molar-refractivity contribution in [3.8, 4) is 0 Å². The average molecular weight is 310 g/mol. The van der Waals surface area contributed by atoms with Crippen LogP contribution in [-0.2, 0) is 12.8 Å². The molecule has 0 spiro atoms. The summed E-state index contributed by atoms with van der Waals surface area (Å²) in [6, 6.07) is 2.66. The van der Waals surface area contributed by atoms with Crippen molar-refractivity contribution in [1.82, 2.24) is 20.2 Å². The lowest BCUT2D eigenvalue weighted by Gasteiger charge is -2.44. The van der Waals surface area contributed by atoms with Crippen LogP contribution >= 0.6 is 0 Å². The molecule has 0 bridgehead atoms. The predicted octanol–water partition coefficient (Wildman–Crippen LogP) is 1.78. The summed E-state index contributed by atoms with van der Waals surface area (Å²) in [5.74, 6) is 1.80. The highest BCUT2D eigenvalue weighted by atomic mass is 15.4. The predicted molar refractivity (Wildman–Crippen MR) is 89.8 cm³/mol. The number of hydrogen-bond donors (Lipinski definition) is 0. The van der Waals surface area contributed by atoms with Gasteiger partial charge in [0.05, 0.1) is 11.7 Å². The molecule has 3 heterocycles. The van der Waals surface area contributed by atoms with Crippen LogP contribution in [0.3, 0.4) is 0 Å². The van der Waals surface area contributed by atoms with Crippen LogP contribution in [0.1, 0.15) is 29.7 Å². The van der Waals surface area contributed by atoms with Crippen LogP contribution in [0.5, 0.6) is 0 Å². The third-order valence-electron chi connectivity index (χ3n) is 4.87. The molecule has 0 atom stereocenters. The first-order valence-electron chi connectivity index (χ1n) is 8.32. The summed E-state index contributed by atoms with van der Waals surface area (Å²) in [6.07, 6.45) is 8.47. The van der Waals surface area contributed by atoms with Gasteiger partial charge in [0.15, 0.2) is 5.82 Å². The maximum Gasteiger partial charge on any atom is 0.225 e. The average Bonchev–Trinajstić information content (AvgIpc) is 2.54. The van der Waals surface area contributed by atoms with E-state index in [0.717, 1.165) is 43.3 Å². The number of rotatable bonds is 3. The van der Waals surface area contributed by atoms with Gasteiger partial charge in [-0.05, 0) is 49.8 Å². The van der Waals surface area contributed by atoms with Gasteiger partial charge in [0, 0.05) is 32.5 Å². The van der Waals surface area contributed by atoms with Gasteiger partial charge in [0.1, 0.15) is 0 Å². The monoisotopic (exact) mass is 310 g/mol. The summed E-state index contributed by atoms with van der Waals surface area (Å²) in [4.78, 5) is 13.3. The summed E-state index contributed by atoms with van der Waals surface area (Å²) in [6.45, 7) is 3.89. The minimum atomic E-state index is 0.426. The van der Waals surface area contributed by atoms with E-state index in [1.807, 2.05) is 19.3 Å². The van der Waals surface area contributed by atoms with Crippen LogP contribution in [0.25, 0.3) is 0 Å². The van der Waals surface area contributed by atoms with E-state index in [9.17, 15) is 0 Å². The van der Waals surface area contributed by atoms with Crippen molar-refractivity contribution >= 4 is 11.8 Å². The molecule has 1 fully saturated rings. The molecule has 1 aliphatic carbocycles. The molecule has 0 amide bonds. The number of likely N-dealkylation sites (N-methyl/N-ethyl adjacent to an activating group) is 1. The van der Waals surface area contributed by atoms with Gasteiger partial charge < -0.3 is 9.80 Å². The number of nitrogens with zero attached hydrogens (tertiary/aromatic N) is 6. The third kappa shape index (κ3) is 2.73. The van der Waals surface area contributed by atoms with Gasteiger partial charge in [-0.1, -0.05) is 0 Å². The number of anilines is 2. The molecule has 0 aromatic carbocycles. The van der Waals surface area contributed by atoms with Crippen molar-refractivity contribution in [2.75, 3.05) is 29.9 Å². The Hall–Kier alpha value is -2.24. The van der Waals surface area contributed by atoms with E-state index >= 15 is 0 Å². The Labute approximate surface area is 136 Å². The van der Waals surface area contributed by atoms with Gasteiger partial charge in [-0.2, -0.15) is 5.10 Å². The van der Waals surface area contributed by atoms with Crippen molar-refractivity contribution in [3.05, 3.63) is 35.3 Å². The second-order valence-corrected chi connectivity index (χ2v) is 6.61. The van der Waals surface area contributed by atoms with Gasteiger partial charge >= 0.3 is 0 Å². The molecule has 0 radical (unpaired) electrons. The molecule has 23 heavy (non-hydrogen) atoms. The molecule has 0 N–H and O–H groups in total. The Morgan fingerprint density at radius 3 is 2.61 bits per heavy atom. The van der Waals surface area contributed by atoms with Crippen LogP contribution < -0.4 is 9.80 Å². The second kappa shape index (κ2) is 5.76. The maximum atomic E-state index is 4.43. The highest BCUT2D eigenvalue weighted by molar-refractivity contribution is 5.48. The van der Waals surface area contributed by atoms with Crippen molar-refractivity contribution in [2.24, 2.45) is 0 Å². The fourth-order valence-corrected chi connectivity index (χ4v) is 3.25. The largest absolute Gasteiger partial charge is 0.351 e. The fraction of sp³-hybridized carbons (Fsp3) is 0.529. The summed E-state index contributed by atoms with van der Waals surface area (Å²) >= 11 is 0. The zero-order valence-corrected chi connectivity index (χ0v) is 13.7. The Morgan fingerprint density at radius 1 is 1.09 bits per heavy atom. The zero-order chi connectivity index (χ0) is 15.8. The Balaban J connectivity index is 1.42. The van der Waals surface area contributed by atoms with E-state index < -0.39 is 0 Å². The van der Waals surface area contributed by atoms with E-state index in [4.69, 9.17) is 0 Å². The summed E-state index contributed by atoms with van der Waals surface area (Å²) in [5.41, 5.74) is 3.67. The number of aryl methyl sites for hydroxylation is 3. The quantitative estimate of drug-likeness (QED) is 0.861. The van der Waals surface area contributed by atoms with Gasteiger partial charge in [-0.15, -0.1) is 5.10 Å². The minimum Gasteiger partial charge on any atom is -0.351 e. The molecule has 2 aliphatic rings. The van der Waals surface area contributed by atoms with Crippen LogP contribution in [0.4, 0.5) is 11.8 Å². The van der Waals surface area contributed by atoms with Crippen molar-refractivity contribution < 1.29 is 0 Å². The normalized spacial score (nSPS) is 17.6. The van der Waals surface area contributed by atoms with E-state index in [-0.39, 0.29) is 0 Å². The molecular formula is C17H22N6. The Kier molecular flexibility index (Phi) is 3.59. The summed E-state index contributed by atoms with van der Waals surface area (Å²) in [7, 11) is 2.06. The zero-order valence-electron chi connectivity index (χ0n) is 13.7. The molecule has 2 aromatic heterocycles. The highest BCUT2D eigenvalue weighted by Crippen LogP contribution is 2.26. The lowest BCUT2D eigenvalue weighted by atomic mass is 9.96. The molecule has 0 saturated carbocycles. The topological polar surface area (TPSA) is 58.0 Å². The molecular weight excluding hydrogens is 288 g/mol. The minimum absolute atomic E-state index is 0.426. The molecule has 0 unspecified atom stereocenters. The van der Waals surface area contributed by atoms with Crippen molar-refractivity contribution in [2.45, 2.75) is 38.6 Å². The number of aromatic nitrogens is 4. The van der Waals surface area contributed by atoms with E-state index in [1.54, 1.807) is 0 Å². The second-order valence-electron chi connectivity index (χ2n) is 6.61. The first kappa shape index (κ1) is 14.4. The summed E-state index contributed by atoms with van der Waals surface area (Å²) in [5, 5.41) is 8.85. The lowest BCUT2D eigenvalue weighted by molar-refractivity contribution is 0.483. The van der Waals surface area contributed by atoms with Gasteiger partial charge in [-0.25, -0.2) is 9.97 Å². The molecule has 120 valence electrons. The molecule has 6 heteroatoms. The first-order valence-corrected chi connectivity index (χ1v) is 8.32. The third-order valence-corrected chi connectivity index (χ3v) is 4.87. The standard InChI is InChI=1S/C17H22N6/c1-12-8-18-17(19-9-12)22(2)14-10-23(11-14)16-7-13-5-3-4-6-15(13)20-21-16/h7-9,14H,3-6,10-11H2,1-2H3. The molecule has 1 saturated heterocycles. The van der Waals surface area contributed by atoms with E-state index in [0.29, 0.717) is 6.04 Å². The molecule has 2 aromatic rings. The van der Waals surface area contributed by atoms with Crippen LogP contribution in [-0.4, -0.2) is 46.3 Å². The van der Waals surface area contributed by atoms with Crippen LogP contribution in [0.15, 0.2) is 18.5 Å². The van der Waals surface area contributed by atoms with E-state index in [2.05, 4.69) is 43.1 Å². The van der Waals surface area contributed by atoms with Crippen LogP contribution in [0.2, 0.25) is 0 Å². The van der Waals surface area contributed by atoms with E-state index in [1.165, 1.54) is 24.1 Å². The fourth-order valence-electron chi connectivity index (χ4n) is 3.25. The van der Waals surface area contributed by atoms with Gasteiger partial charge in [-0.3, -0.25) is 0 Å². The molecule has 6 nitrogen and oxygen atoms in total. The van der Waals surface area contributed by atoms with Crippen molar-refractivity contribution in [3.63, 3.8) is 0 Å².